The van der Waals surface area contributed by atoms with Gasteiger partial charge in [-0.15, -0.1) is 0 Å². The van der Waals surface area contributed by atoms with Gasteiger partial charge in [0, 0.05) is 42.7 Å². The molecule has 2 aromatic carbocycles. The van der Waals surface area contributed by atoms with Crippen LogP contribution in [0.15, 0.2) is 36.4 Å². The maximum absolute atomic E-state index is 5.85. The molecule has 0 spiro atoms. The summed E-state index contributed by atoms with van der Waals surface area (Å²) in [6.45, 7) is 1.74. The lowest BCUT2D eigenvalue weighted by atomic mass is 10.1. The molecule has 0 radical (unpaired) electrons. The number of ether oxygens (including phenoxy) is 2. The van der Waals surface area contributed by atoms with Crippen LogP contribution in [0.25, 0.3) is 0 Å². The van der Waals surface area contributed by atoms with Crippen molar-refractivity contribution in [2.24, 2.45) is 0 Å². The summed E-state index contributed by atoms with van der Waals surface area (Å²) in [6.07, 6.45) is 0. The van der Waals surface area contributed by atoms with E-state index in [2.05, 4.69) is 11.0 Å². The largest absolute Gasteiger partial charge is 0.497 e. The molecule has 0 aliphatic carbocycles. The van der Waals surface area contributed by atoms with E-state index in [0.717, 1.165) is 36.0 Å². The highest BCUT2D eigenvalue weighted by Crippen LogP contribution is 2.34. The molecule has 0 unspecified atom stereocenters. The summed E-state index contributed by atoms with van der Waals surface area (Å²) < 4.78 is 10.7. The first-order valence-electron chi connectivity index (χ1n) is 6.55. The van der Waals surface area contributed by atoms with Crippen LogP contribution in [0.2, 0.25) is 0 Å². The Morgan fingerprint density at radius 3 is 2.20 bits per heavy atom. The minimum atomic E-state index is 0.801. The van der Waals surface area contributed by atoms with Gasteiger partial charge in [0.15, 0.2) is 0 Å². The molecule has 0 amide bonds. The summed E-state index contributed by atoms with van der Waals surface area (Å²) in [4.78, 5) is 2.29. The number of hydrogen-bond donors (Lipinski definition) is 1. The van der Waals surface area contributed by atoms with E-state index in [1.807, 2.05) is 30.3 Å². The van der Waals surface area contributed by atoms with Crippen LogP contribution in [0, 0.1) is 0 Å². The summed E-state index contributed by atoms with van der Waals surface area (Å²) in [5, 5.41) is 0. The molecule has 104 valence electrons. The van der Waals surface area contributed by atoms with Gasteiger partial charge in [0.05, 0.1) is 14.2 Å². The van der Waals surface area contributed by atoms with E-state index in [0.29, 0.717) is 0 Å². The molecule has 1 heterocycles. The minimum Gasteiger partial charge on any atom is -0.497 e. The highest BCUT2D eigenvalue weighted by atomic mass is 16.5. The summed E-state index contributed by atoms with van der Waals surface area (Å²) >= 11 is 0. The summed E-state index contributed by atoms with van der Waals surface area (Å²) in [5.41, 5.74) is 10.4. The SMILES string of the molecule is COc1cc(OC)cc(N2Cc3ccc(N)cc3C2)c1. The number of rotatable bonds is 3. The second kappa shape index (κ2) is 4.96. The number of anilines is 2. The van der Waals surface area contributed by atoms with Crippen molar-refractivity contribution in [3.8, 4) is 11.5 Å². The first-order valence-corrected chi connectivity index (χ1v) is 6.55. The van der Waals surface area contributed by atoms with Crippen LogP contribution in [0.1, 0.15) is 11.1 Å². The maximum Gasteiger partial charge on any atom is 0.124 e. The second-order valence-corrected chi connectivity index (χ2v) is 4.96. The third kappa shape index (κ3) is 2.25. The molecule has 2 aromatic rings. The predicted octanol–water partition coefficient (Wildman–Crippen LogP) is 2.81. The zero-order chi connectivity index (χ0) is 14.1. The maximum atomic E-state index is 5.85. The molecular formula is C16H18N2O2. The molecule has 1 aliphatic heterocycles. The average Bonchev–Trinajstić information content (AvgIpc) is 2.89. The van der Waals surface area contributed by atoms with Gasteiger partial charge >= 0.3 is 0 Å². The van der Waals surface area contributed by atoms with Crippen molar-refractivity contribution < 1.29 is 9.47 Å². The molecule has 20 heavy (non-hydrogen) atoms. The monoisotopic (exact) mass is 270 g/mol. The Hall–Kier alpha value is -2.36. The van der Waals surface area contributed by atoms with E-state index in [1.54, 1.807) is 14.2 Å². The molecule has 4 nitrogen and oxygen atoms in total. The van der Waals surface area contributed by atoms with Gasteiger partial charge in [-0.2, -0.15) is 0 Å². The van der Waals surface area contributed by atoms with Gasteiger partial charge in [-0.05, 0) is 23.3 Å². The third-order valence-corrected chi connectivity index (χ3v) is 3.65. The number of methoxy groups -OCH3 is 2. The van der Waals surface area contributed by atoms with Gasteiger partial charge in [-0.25, -0.2) is 0 Å². The minimum absolute atomic E-state index is 0.801. The van der Waals surface area contributed by atoms with Crippen molar-refractivity contribution in [2.45, 2.75) is 13.1 Å². The first-order chi connectivity index (χ1) is 9.69. The van der Waals surface area contributed by atoms with E-state index in [9.17, 15) is 0 Å². The van der Waals surface area contributed by atoms with E-state index in [1.165, 1.54) is 11.1 Å². The predicted molar refractivity (Wildman–Crippen MR) is 80.3 cm³/mol. The van der Waals surface area contributed by atoms with Crippen molar-refractivity contribution in [3.05, 3.63) is 47.5 Å². The number of nitrogens with two attached hydrogens (primary N) is 1. The first kappa shape index (κ1) is 12.7. The summed E-state index contributed by atoms with van der Waals surface area (Å²) in [6, 6.07) is 12.0. The van der Waals surface area contributed by atoms with Crippen LogP contribution in [-0.4, -0.2) is 14.2 Å². The Morgan fingerprint density at radius 2 is 1.55 bits per heavy atom. The molecule has 0 atom stereocenters. The normalized spacial score (nSPS) is 13.2. The zero-order valence-electron chi connectivity index (χ0n) is 11.7. The lowest BCUT2D eigenvalue weighted by Gasteiger charge is -2.19. The van der Waals surface area contributed by atoms with Gasteiger partial charge in [0.2, 0.25) is 0 Å². The second-order valence-electron chi connectivity index (χ2n) is 4.96. The standard InChI is InChI=1S/C16H18N2O2/c1-19-15-6-14(7-16(8-15)20-2)18-9-11-3-4-13(17)5-12(11)10-18/h3-8H,9-10,17H2,1-2H3. The molecule has 2 N–H and O–H groups in total. The molecule has 0 saturated carbocycles. The lowest BCUT2D eigenvalue weighted by molar-refractivity contribution is 0.394. The number of benzene rings is 2. The fraction of sp³-hybridized carbons (Fsp3) is 0.250. The van der Waals surface area contributed by atoms with Crippen molar-refractivity contribution in [1.82, 2.24) is 0 Å². The molecular weight excluding hydrogens is 252 g/mol. The lowest BCUT2D eigenvalue weighted by Crippen LogP contribution is -2.14. The molecule has 0 aromatic heterocycles. The van der Waals surface area contributed by atoms with Crippen molar-refractivity contribution in [1.29, 1.82) is 0 Å². The van der Waals surface area contributed by atoms with Crippen LogP contribution in [0.5, 0.6) is 11.5 Å². The Bertz CT molecular complexity index is 618. The Kier molecular flexibility index (Phi) is 3.14. The van der Waals surface area contributed by atoms with Crippen LogP contribution in [-0.2, 0) is 13.1 Å². The van der Waals surface area contributed by atoms with E-state index >= 15 is 0 Å². The highest BCUT2D eigenvalue weighted by molar-refractivity contribution is 5.59. The van der Waals surface area contributed by atoms with Gasteiger partial charge in [-0.3, -0.25) is 0 Å². The summed E-state index contributed by atoms with van der Waals surface area (Å²) in [5.74, 6) is 1.60. The van der Waals surface area contributed by atoms with Gasteiger partial charge < -0.3 is 20.1 Å². The van der Waals surface area contributed by atoms with E-state index < -0.39 is 0 Å². The van der Waals surface area contributed by atoms with Crippen LogP contribution >= 0.6 is 0 Å². The Morgan fingerprint density at radius 1 is 0.900 bits per heavy atom. The average molecular weight is 270 g/mol. The smallest absolute Gasteiger partial charge is 0.124 e. The number of nitrogens with zero attached hydrogens (tertiary/aromatic N) is 1. The Balaban J connectivity index is 1.92. The van der Waals surface area contributed by atoms with Crippen LogP contribution < -0.4 is 20.1 Å². The van der Waals surface area contributed by atoms with Crippen LogP contribution in [0.3, 0.4) is 0 Å². The van der Waals surface area contributed by atoms with E-state index in [4.69, 9.17) is 15.2 Å². The van der Waals surface area contributed by atoms with Gasteiger partial charge in [-0.1, -0.05) is 6.07 Å². The molecule has 0 bridgehead atoms. The number of fused-ring (bicyclic) bond motifs is 1. The fourth-order valence-corrected chi connectivity index (χ4v) is 2.57. The molecule has 4 heteroatoms. The van der Waals surface area contributed by atoms with Crippen LogP contribution in [0.4, 0.5) is 11.4 Å². The van der Waals surface area contributed by atoms with Crippen molar-refractivity contribution in [2.75, 3.05) is 24.9 Å². The topological polar surface area (TPSA) is 47.7 Å². The highest BCUT2D eigenvalue weighted by Gasteiger charge is 2.20. The third-order valence-electron chi connectivity index (χ3n) is 3.65. The molecule has 1 aliphatic rings. The number of nitrogen functional groups attached to an aromatic ring is 1. The van der Waals surface area contributed by atoms with Gasteiger partial charge in [0.1, 0.15) is 11.5 Å². The van der Waals surface area contributed by atoms with Gasteiger partial charge in [0.25, 0.3) is 0 Å². The number of hydrogen-bond acceptors (Lipinski definition) is 4. The van der Waals surface area contributed by atoms with E-state index in [-0.39, 0.29) is 0 Å². The molecule has 0 saturated heterocycles. The zero-order valence-corrected chi connectivity index (χ0v) is 11.7. The summed E-state index contributed by atoms with van der Waals surface area (Å²) in [7, 11) is 3.33. The fourth-order valence-electron chi connectivity index (χ4n) is 2.57. The molecule has 0 fully saturated rings. The molecule has 3 rings (SSSR count). The quantitative estimate of drug-likeness (QED) is 0.871. The Labute approximate surface area is 118 Å². The van der Waals surface area contributed by atoms with Crippen molar-refractivity contribution in [3.63, 3.8) is 0 Å². The van der Waals surface area contributed by atoms with Crippen molar-refractivity contribution >= 4 is 11.4 Å².